The van der Waals surface area contributed by atoms with Crippen LogP contribution in [0, 0.1) is 39.9 Å². The van der Waals surface area contributed by atoms with Gasteiger partial charge in [-0.15, -0.1) is 0 Å². The minimum absolute atomic E-state index is 0.581. The Bertz CT molecular complexity index is 427. The van der Waals surface area contributed by atoms with E-state index >= 15 is 0 Å². The van der Waals surface area contributed by atoms with Crippen LogP contribution in [0.1, 0.15) is 78.1 Å². The van der Waals surface area contributed by atoms with E-state index in [1.54, 1.807) is 0 Å². The number of fused-ring (bicyclic) bond motifs is 5. The molecular weight excluding hydrogens is 242 g/mol. The second-order valence-corrected chi connectivity index (χ2v) is 9.05. The Balaban J connectivity index is 1.64. The van der Waals surface area contributed by atoms with Crippen molar-refractivity contribution in [2.45, 2.75) is 78.1 Å². The van der Waals surface area contributed by atoms with Crippen molar-refractivity contribution in [1.82, 2.24) is 0 Å². The molecule has 6 unspecified atom stereocenters. The fourth-order valence-electron chi connectivity index (χ4n) is 7.07. The van der Waals surface area contributed by atoms with E-state index in [4.69, 9.17) is 5.41 Å². The topological polar surface area (TPSA) is 23.9 Å². The first-order valence-corrected chi connectivity index (χ1v) is 9.09. The Kier molecular flexibility index (Phi) is 2.89. The molecule has 0 spiro atoms. The van der Waals surface area contributed by atoms with E-state index in [-0.39, 0.29) is 0 Å². The van der Waals surface area contributed by atoms with Gasteiger partial charge in [-0.25, -0.2) is 0 Å². The van der Waals surface area contributed by atoms with E-state index < -0.39 is 0 Å². The second kappa shape index (κ2) is 4.34. The van der Waals surface area contributed by atoms with E-state index in [0.717, 1.165) is 42.2 Å². The van der Waals surface area contributed by atoms with E-state index in [1.807, 2.05) is 0 Å². The molecule has 0 aromatic rings. The first-order valence-electron chi connectivity index (χ1n) is 9.09. The molecule has 0 aromatic carbocycles. The maximum absolute atomic E-state index is 8.08. The summed E-state index contributed by atoms with van der Waals surface area (Å²) in [6.07, 6.45) is 14.0. The fourth-order valence-corrected chi connectivity index (χ4v) is 7.07. The van der Waals surface area contributed by atoms with Gasteiger partial charge in [0.25, 0.3) is 0 Å². The normalized spacial score (nSPS) is 55.0. The minimum atomic E-state index is 0.581. The van der Waals surface area contributed by atoms with E-state index in [1.165, 1.54) is 51.4 Å². The van der Waals surface area contributed by atoms with Crippen LogP contribution in [0.2, 0.25) is 0 Å². The third-order valence-electron chi connectivity index (χ3n) is 8.30. The van der Waals surface area contributed by atoms with Crippen LogP contribution < -0.4 is 0 Å². The highest BCUT2D eigenvalue weighted by molar-refractivity contribution is 5.82. The molecule has 4 fully saturated rings. The molecule has 0 aliphatic heterocycles. The standard InChI is InChI=1S/C19H31N/c1-18-9-3-4-16(18)15-6-5-13-12-14(20)7-11-19(13,2)17(15)8-10-18/h13,15-17,20H,3-12H2,1-2H3. The zero-order valence-electron chi connectivity index (χ0n) is 13.4. The molecule has 112 valence electrons. The van der Waals surface area contributed by atoms with E-state index in [0.29, 0.717) is 10.8 Å². The molecule has 0 radical (unpaired) electrons. The largest absolute Gasteiger partial charge is 0.310 e. The van der Waals surface area contributed by atoms with Crippen molar-refractivity contribution >= 4 is 5.71 Å². The van der Waals surface area contributed by atoms with Crippen LogP contribution in [0.5, 0.6) is 0 Å². The van der Waals surface area contributed by atoms with Crippen molar-refractivity contribution in [3.8, 4) is 0 Å². The molecule has 0 amide bonds. The molecule has 1 heteroatoms. The number of hydrogen-bond donors (Lipinski definition) is 1. The highest BCUT2D eigenvalue weighted by Crippen LogP contribution is 2.65. The molecule has 4 aliphatic rings. The van der Waals surface area contributed by atoms with Gasteiger partial charge >= 0.3 is 0 Å². The van der Waals surface area contributed by atoms with E-state index in [9.17, 15) is 0 Å². The van der Waals surface area contributed by atoms with Crippen molar-refractivity contribution in [2.24, 2.45) is 34.5 Å². The summed E-state index contributed by atoms with van der Waals surface area (Å²) >= 11 is 0. The van der Waals surface area contributed by atoms with E-state index in [2.05, 4.69) is 13.8 Å². The summed E-state index contributed by atoms with van der Waals surface area (Å²) in [5.74, 6) is 3.91. The minimum Gasteiger partial charge on any atom is -0.310 e. The summed E-state index contributed by atoms with van der Waals surface area (Å²) in [5, 5.41) is 8.08. The summed E-state index contributed by atoms with van der Waals surface area (Å²) in [6, 6.07) is 0. The third-order valence-corrected chi connectivity index (χ3v) is 8.30. The molecule has 1 N–H and O–H groups in total. The SMILES string of the molecule is CC12CCCC1C1CCC3CC(=N)CCC3(C)C1CC2. The van der Waals surface area contributed by atoms with Crippen LogP contribution in [-0.2, 0) is 0 Å². The molecule has 20 heavy (non-hydrogen) atoms. The lowest BCUT2D eigenvalue weighted by Crippen LogP contribution is -2.52. The lowest BCUT2D eigenvalue weighted by atomic mass is 9.45. The van der Waals surface area contributed by atoms with Crippen LogP contribution in [-0.4, -0.2) is 5.71 Å². The van der Waals surface area contributed by atoms with Gasteiger partial charge in [0.2, 0.25) is 0 Å². The molecule has 0 bridgehead atoms. The van der Waals surface area contributed by atoms with Crippen molar-refractivity contribution in [3.63, 3.8) is 0 Å². The number of hydrogen-bond acceptors (Lipinski definition) is 1. The van der Waals surface area contributed by atoms with Crippen molar-refractivity contribution < 1.29 is 0 Å². The maximum Gasteiger partial charge on any atom is 0.00923 e. The van der Waals surface area contributed by atoms with Gasteiger partial charge in [0.1, 0.15) is 0 Å². The zero-order valence-corrected chi connectivity index (χ0v) is 13.4. The average Bonchev–Trinajstić information content (AvgIpc) is 2.81. The Morgan fingerprint density at radius 2 is 1.80 bits per heavy atom. The van der Waals surface area contributed by atoms with Gasteiger partial charge in [-0.1, -0.05) is 20.3 Å². The van der Waals surface area contributed by atoms with Crippen LogP contribution in [0.25, 0.3) is 0 Å². The third kappa shape index (κ3) is 1.70. The molecule has 4 saturated carbocycles. The van der Waals surface area contributed by atoms with Crippen molar-refractivity contribution in [3.05, 3.63) is 0 Å². The van der Waals surface area contributed by atoms with Gasteiger partial charge in [0.15, 0.2) is 0 Å². The summed E-state index contributed by atoms with van der Waals surface area (Å²) in [6.45, 7) is 5.21. The maximum atomic E-state index is 8.08. The Hall–Kier alpha value is -0.330. The average molecular weight is 273 g/mol. The molecule has 4 aliphatic carbocycles. The smallest absolute Gasteiger partial charge is 0.00923 e. The molecule has 0 aromatic heterocycles. The van der Waals surface area contributed by atoms with Crippen LogP contribution >= 0.6 is 0 Å². The molecular formula is C19H31N. The summed E-state index contributed by atoms with van der Waals surface area (Å²) in [7, 11) is 0. The Morgan fingerprint density at radius 3 is 2.65 bits per heavy atom. The van der Waals surface area contributed by atoms with Crippen molar-refractivity contribution in [1.29, 1.82) is 5.41 Å². The van der Waals surface area contributed by atoms with Crippen molar-refractivity contribution in [2.75, 3.05) is 0 Å². The lowest BCUT2D eigenvalue weighted by Gasteiger charge is -2.60. The van der Waals surface area contributed by atoms with Gasteiger partial charge in [0.05, 0.1) is 0 Å². The van der Waals surface area contributed by atoms with Crippen LogP contribution in [0.3, 0.4) is 0 Å². The zero-order chi connectivity index (χ0) is 14.0. The molecule has 0 saturated heterocycles. The summed E-state index contributed by atoms with van der Waals surface area (Å²) in [4.78, 5) is 0. The monoisotopic (exact) mass is 273 g/mol. The summed E-state index contributed by atoms with van der Waals surface area (Å²) < 4.78 is 0. The van der Waals surface area contributed by atoms with Gasteiger partial charge in [0, 0.05) is 5.71 Å². The highest BCUT2D eigenvalue weighted by Gasteiger charge is 2.57. The predicted molar refractivity (Wildman–Crippen MR) is 84.1 cm³/mol. The number of rotatable bonds is 0. The lowest BCUT2D eigenvalue weighted by molar-refractivity contribution is -0.0919. The first-order chi connectivity index (χ1) is 9.53. The van der Waals surface area contributed by atoms with Gasteiger partial charge in [-0.3, -0.25) is 0 Å². The second-order valence-electron chi connectivity index (χ2n) is 9.05. The first kappa shape index (κ1) is 13.3. The molecule has 6 atom stereocenters. The summed E-state index contributed by atoms with van der Waals surface area (Å²) in [5.41, 5.74) is 2.33. The highest BCUT2D eigenvalue weighted by atomic mass is 14.6. The Morgan fingerprint density at radius 1 is 0.950 bits per heavy atom. The van der Waals surface area contributed by atoms with Crippen LogP contribution in [0.15, 0.2) is 0 Å². The Labute approximate surface area is 124 Å². The quantitative estimate of drug-likeness (QED) is 0.608. The molecule has 0 heterocycles. The fraction of sp³-hybridized carbons (Fsp3) is 0.947. The van der Waals surface area contributed by atoms with Gasteiger partial charge < -0.3 is 5.41 Å². The van der Waals surface area contributed by atoms with Gasteiger partial charge in [-0.2, -0.15) is 0 Å². The number of nitrogens with one attached hydrogen (secondary N) is 1. The molecule has 1 nitrogen and oxygen atoms in total. The van der Waals surface area contributed by atoms with Crippen LogP contribution in [0.4, 0.5) is 0 Å². The predicted octanol–water partition coefficient (Wildman–Crippen LogP) is 5.44. The molecule has 4 rings (SSSR count). The van der Waals surface area contributed by atoms with Gasteiger partial charge in [-0.05, 0) is 92.3 Å².